The lowest BCUT2D eigenvalue weighted by molar-refractivity contribution is -0.122. The minimum absolute atomic E-state index is 0.121. The van der Waals surface area contributed by atoms with Crippen LogP contribution in [-0.4, -0.2) is 37.8 Å². The van der Waals surface area contributed by atoms with Gasteiger partial charge in [-0.15, -0.1) is 10.2 Å². The van der Waals surface area contributed by atoms with E-state index in [1.54, 1.807) is 11.8 Å². The Morgan fingerprint density at radius 1 is 1.09 bits per heavy atom. The highest BCUT2D eigenvalue weighted by Crippen LogP contribution is 2.33. The SMILES string of the molecule is Cc1ccc(/C=C2\SC(=S)N(CCC(=O)Nc3nnc(SCc4ccc(C)cc4)s3)C2=O)cc1. The Morgan fingerprint density at radius 2 is 1.76 bits per heavy atom. The maximum absolute atomic E-state index is 12.8. The zero-order chi connectivity index (χ0) is 24.1. The third-order valence-electron chi connectivity index (χ3n) is 4.95. The molecule has 1 aromatic heterocycles. The lowest BCUT2D eigenvalue weighted by Crippen LogP contribution is -2.31. The number of benzene rings is 2. The first-order valence-electron chi connectivity index (χ1n) is 10.5. The third kappa shape index (κ3) is 6.53. The number of thiocarbonyl (C=S) groups is 1. The Balaban J connectivity index is 1.26. The highest BCUT2D eigenvalue weighted by Gasteiger charge is 2.32. The fraction of sp³-hybridized carbons (Fsp3) is 0.208. The van der Waals surface area contributed by atoms with Gasteiger partial charge in [0.2, 0.25) is 11.0 Å². The van der Waals surface area contributed by atoms with Crippen molar-refractivity contribution in [1.82, 2.24) is 15.1 Å². The van der Waals surface area contributed by atoms with Crippen LogP contribution < -0.4 is 5.32 Å². The van der Waals surface area contributed by atoms with Crippen molar-refractivity contribution < 1.29 is 9.59 Å². The first kappa shape index (κ1) is 24.6. The van der Waals surface area contributed by atoms with E-state index in [1.165, 1.54) is 39.1 Å². The van der Waals surface area contributed by atoms with Crippen molar-refractivity contribution in [2.24, 2.45) is 0 Å². The number of nitrogens with one attached hydrogen (secondary N) is 1. The molecule has 1 saturated heterocycles. The molecule has 10 heteroatoms. The van der Waals surface area contributed by atoms with Crippen LogP contribution in [0, 0.1) is 13.8 Å². The van der Waals surface area contributed by atoms with E-state index in [0.717, 1.165) is 21.2 Å². The van der Waals surface area contributed by atoms with Gasteiger partial charge >= 0.3 is 0 Å². The Morgan fingerprint density at radius 3 is 2.47 bits per heavy atom. The van der Waals surface area contributed by atoms with Crippen LogP contribution in [0.5, 0.6) is 0 Å². The zero-order valence-corrected chi connectivity index (χ0v) is 21.9. The molecule has 174 valence electrons. The van der Waals surface area contributed by atoms with Crippen molar-refractivity contribution in [2.45, 2.75) is 30.4 Å². The Labute approximate surface area is 216 Å². The van der Waals surface area contributed by atoms with Crippen molar-refractivity contribution in [3.8, 4) is 0 Å². The molecule has 0 aliphatic carbocycles. The van der Waals surface area contributed by atoms with E-state index in [0.29, 0.717) is 14.4 Å². The molecular formula is C24H22N4O2S4. The smallest absolute Gasteiger partial charge is 0.266 e. The Kier molecular flexibility index (Phi) is 8.15. The van der Waals surface area contributed by atoms with E-state index in [-0.39, 0.29) is 24.8 Å². The normalized spacial score (nSPS) is 14.8. The van der Waals surface area contributed by atoms with Crippen LogP contribution in [0.15, 0.2) is 57.8 Å². The molecule has 2 amide bonds. The summed E-state index contributed by atoms with van der Waals surface area (Å²) in [7, 11) is 0. The molecule has 6 nitrogen and oxygen atoms in total. The monoisotopic (exact) mass is 526 g/mol. The van der Waals surface area contributed by atoms with Crippen molar-refractivity contribution in [3.63, 3.8) is 0 Å². The molecule has 0 unspecified atom stereocenters. The number of thioether (sulfide) groups is 2. The largest absolute Gasteiger partial charge is 0.300 e. The highest BCUT2D eigenvalue weighted by molar-refractivity contribution is 8.26. The molecule has 1 aliphatic rings. The van der Waals surface area contributed by atoms with Gasteiger partial charge in [-0.05, 0) is 31.1 Å². The molecule has 3 aromatic rings. The van der Waals surface area contributed by atoms with Gasteiger partial charge in [0.25, 0.3) is 5.91 Å². The number of carbonyl (C=O) groups is 2. The first-order chi connectivity index (χ1) is 16.4. The minimum atomic E-state index is -0.234. The van der Waals surface area contributed by atoms with Gasteiger partial charge in [-0.3, -0.25) is 14.5 Å². The van der Waals surface area contributed by atoms with Gasteiger partial charge in [0.1, 0.15) is 4.32 Å². The summed E-state index contributed by atoms with van der Waals surface area (Å²) in [4.78, 5) is 27.2. The number of aromatic nitrogens is 2. The molecule has 1 fully saturated rings. The topological polar surface area (TPSA) is 75.2 Å². The van der Waals surface area contributed by atoms with Gasteiger partial charge in [-0.2, -0.15) is 0 Å². The second-order valence-electron chi connectivity index (χ2n) is 7.69. The number of carbonyl (C=O) groups excluding carboxylic acids is 2. The fourth-order valence-electron chi connectivity index (χ4n) is 3.05. The van der Waals surface area contributed by atoms with Crippen LogP contribution in [0.1, 0.15) is 28.7 Å². The van der Waals surface area contributed by atoms with Gasteiger partial charge in [0.05, 0.1) is 4.91 Å². The van der Waals surface area contributed by atoms with Gasteiger partial charge in [-0.25, -0.2) is 0 Å². The predicted molar refractivity (Wildman–Crippen MR) is 145 cm³/mol. The van der Waals surface area contributed by atoms with Gasteiger partial charge in [-0.1, -0.05) is 107 Å². The molecule has 0 atom stereocenters. The number of hydrogen-bond acceptors (Lipinski definition) is 8. The molecule has 0 spiro atoms. The maximum Gasteiger partial charge on any atom is 0.266 e. The van der Waals surface area contributed by atoms with Crippen molar-refractivity contribution in [1.29, 1.82) is 0 Å². The van der Waals surface area contributed by atoms with E-state index >= 15 is 0 Å². The molecule has 0 radical (unpaired) electrons. The van der Waals surface area contributed by atoms with Crippen molar-refractivity contribution >= 4 is 74.4 Å². The van der Waals surface area contributed by atoms with Crippen LogP contribution in [-0.2, 0) is 15.3 Å². The molecule has 0 bridgehead atoms. The van der Waals surface area contributed by atoms with Crippen molar-refractivity contribution in [2.75, 3.05) is 11.9 Å². The summed E-state index contributed by atoms with van der Waals surface area (Å²) in [5, 5.41) is 11.4. The molecule has 0 saturated carbocycles. The van der Waals surface area contributed by atoms with Crippen LogP contribution >= 0.6 is 47.1 Å². The van der Waals surface area contributed by atoms with E-state index in [1.807, 2.05) is 37.3 Å². The van der Waals surface area contributed by atoms with E-state index < -0.39 is 0 Å². The van der Waals surface area contributed by atoms with Gasteiger partial charge in [0, 0.05) is 18.7 Å². The van der Waals surface area contributed by atoms with Crippen LogP contribution in [0.25, 0.3) is 6.08 Å². The quantitative estimate of drug-likeness (QED) is 0.175. The average molecular weight is 527 g/mol. The third-order valence-corrected chi connectivity index (χ3v) is 8.37. The summed E-state index contributed by atoms with van der Waals surface area (Å²) in [5.74, 6) is 0.380. The highest BCUT2D eigenvalue weighted by atomic mass is 32.2. The lowest BCUT2D eigenvalue weighted by atomic mass is 10.1. The predicted octanol–water partition coefficient (Wildman–Crippen LogP) is 5.68. The Bertz CT molecular complexity index is 1240. The summed E-state index contributed by atoms with van der Waals surface area (Å²) in [6.07, 6.45) is 1.95. The van der Waals surface area contributed by atoms with Crippen LogP contribution in [0.4, 0.5) is 5.13 Å². The van der Waals surface area contributed by atoms with Gasteiger partial charge < -0.3 is 5.32 Å². The number of amides is 2. The number of nitrogens with zero attached hydrogens (tertiary/aromatic N) is 3. The maximum atomic E-state index is 12.8. The van der Waals surface area contributed by atoms with Crippen LogP contribution in [0.3, 0.4) is 0 Å². The molecule has 4 rings (SSSR count). The second-order valence-corrected chi connectivity index (χ2v) is 11.6. The van der Waals surface area contributed by atoms with Crippen molar-refractivity contribution in [3.05, 3.63) is 75.7 Å². The van der Waals surface area contributed by atoms with Gasteiger partial charge in [0.15, 0.2) is 4.34 Å². The number of rotatable bonds is 8. The second kappa shape index (κ2) is 11.3. The van der Waals surface area contributed by atoms with E-state index in [9.17, 15) is 9.59 Å². The van der Waals surface area contributed by atoms with E-state index in [2.05, 4.69) is 46.7 Å². The molecular weight excluding hydrogens is 505 g/mol. The zero-order valence-electron chi connectivity index (χ0n) is 18.6. The summed E-state index contributed by atoms with van der Waals surface area (Å²) in [6, 6.07) is 16.3. The summed E-state index contributed by atoms with van der Waals surface area (Å²) in [6.45, 7) is 4.29. The first-order valence-corrected chi connectivity index (χ1v) is 13.5. The number of hydrogen-bond donors (Lipinski definition) is 1. The minimum Gasteiger partial charge on any atom is -0.300 e. The summed E-state index contributed by atoms with van der Waals surface area (Å²) in [5.41, 5.74) is 4.53. The summed E-state index contributed by atoms with van der Waals surface area (Å²) >= 11 is 9.54. The number of anilines is 1. The van der Waals surface area contributed by atoms with Crippen LogP contribution in [0.2, 0.25) is 0 Å². The Hall–Kier alpha value is -2.53. The lowest BCUT2D eigenvalue weighted by Gasteiger charge is -2.13. The molecule has 2 heterocycles. The fourth-order valence-corrected chi connectivity index (χ4v) is 6.08. The molecule has 1 aliphatic heterocycles. The molecule has 1 N–H and O–H groups in total. The number of aryl methyl sites for hydroxylation is 2. The molecule has 34 heavy (non-hydrogen) atoms. The molecule has 2 aromatic carbocycles. The van der Waals surface area contributed by atoms with E-state index in [4.69, 9.17) is 12.2 Å². The summed E-state index contributed by atoms with van der Waals surface area (Å²) < 4.78 is 1.25. The average Bonchev–Trinajstić information content (AvgIpc) is 3.37. The standard InChI is InChI=1S/C24H22N4O2S4/c1-15-3-7-17(8-4-15)13-19-21(30)28(24(31)33-19)12-11-20(29)25-22-26-27-23(34-22)32-14-18-9-5-16(2)6-10-18/h3-10,13H,11-12,14H2,1-2H3,(H,25,26,29)/b19-13-.